The Morgan fingerprint density at radius 1 is 1.59 bits per heavy atom. The van der Waals surface area contributed by atoms with Crippen molar-refractivity contribution in [2.24, 2.45) is 0 Å². The van der Waals surface area contributed by atoms with E-state index < -0.39 is 5.97 Å². The third-order valence-corrected chi connectivity index (χ3v) is 2.68. The highest BCUT2D eigenvalue weighted by atomic mass is 16.5. The summed E-state index contributed by atoms with van der Waals surface area (Å²) >= 11 is 0. The smallest absolute Gasteiger partial charge is 0.339 e. The summed E-state index contributed by atoms with van der Waals surface area (Å²) in [6.07, 6.45) is 2.05. The van der Waals surface area contributed by atoms with Crippen LogP contribution in [-0.4, -0.2) is 30.4 Å². The van der Waals surface area contributed by atoms with E-state index in [-0.39, 0.29) is 11.7 Å². The van der Waals surface area contributed by atoms with E-state index in [9.17, 15) is 4.79 Å². The summed E-state index contributed by atoms with van der Waals surface area (Å²) in [6.45, 7) is 1.13. The molecule has 5 nitrogen and oxygen atoms in total. The molecule has 0 bridgehead atoms. The van der Waals surface area contributed by atoms with Crippen LogP contribution in [0.3, 0.4) is 0 Å². The van der Waals surface area contributed by atoms with Crippen LogP contribution in [-0.2, 0) is 4.74 Å². The van der Waals surface area contributed by atoms with Crippen LogP contribution in [0.2, 0.25) is 0 Å². The highest BCUT2D eigenvalue weighted by molar-refractivity contribution is 5.92. The van der Waals surface area contributed by atoms with Gasteiger partial charge in [0.1, 0.15) is 17.9 Å². The van der Waals surface area contributed by atoms with Crippen molar-refractivity contribution >= 4 is 11.7 Å². The molecule has 5 heteroatoms. The lowest BCUT2D eigenvalue weighted by Crippen LogP contribution is -2.17. The Labute approximate surface area is 99.1 Å². The van der Waals surface area contributed by atoms with Gasteiger partial charge in [0.05, 0.1) is 6.10 Å². The molecular weight excluding hydrogens is 222 g/mol. The first-order chi connectivity index (χ1) is 8.16. The molecule has 1 aromatic rings. The fraction of sp³-hybridized carbons (Fsp3) is 0.417. The highest BCUT2D eigenvalue weighted by Crippen LogP contribution is 2.23. The topological polar surface area (TPSA) is 81.8 Å². The van der Waals surface area contributed by atoms with Crippen LogP contribution < -0.4 is 10.5 Å². The SMILES string of the molecule is Nc1ccc(OCC2CCCO2)c(C(=O)O)c1. The first-order valence-corrected chi connectivity index (χ1v) is 5.54. The van der Waals surface area contributed by atoms with E-state index in [1.54, 1.807) is 12.1 Å². The van der Waals surface area contributed by atoms with Crippen molar-refractivity contribution in [3.63, 3.8) is 0 Å². The number of anilines is 1. The molecule has 1 saturated heterocycles. The number of nitrogens with two attached hydrogens (primary N) is 1. The Kier molecular flexibility index (Phi) is 3.49. The number of hydrogen-bond acceptors (Lipinski definition) is 4. The molecular formula is C12H15NO4. The lowest BCUT2D eigenvalue weighted by atomic mass is 10.2. The van der Waals surface area contributed by atoms with Crippen molar-refractivity contribution in [1.82, 2.24) is 0 Å². The number of carboxylic acid groups (broad SMARTS) is 1. The van der Waals surface area contributed by atoms with Crippen molar-refractivity contribution < 1.29 is 19.4 Å². The van der Waals surface area contributed by atoms with E-state index >= 15 is 0 Å². The van der Waals surface area contributed by atoms with Crippen molar-refractivity contribution in [2.45, 2.75) is 18.9 Å². The summed E-state index contributed by atoms with van der Waals surface area (Å²) in [7, 11) is 0. The van der Waals surface area contributed by atoms with Crippen LogP contribution in [0.15, 0.2) is 18.2 Å². The predicted molar refractivity (Wildman–Crippen MR) is 62.3 cm³/mol. The van der Waals surface area contributed by atoms with Crippen LogP contribution in [0.1, 0.15) is 23.2 Å². The molecule has 1 aromatic carbocycles. The van der Waals surface area contributed by atoms with Gasteiger partial charge in [-0.15, -0.1) is 0 Å². The number of aromatic carboxylic acids is 1. The molecule has 1 unspecified atom stereocenters. The summed E-state index contributed by atoms with van der Waals surface area (Å²) in [6, 6.07) is 4.60. The molecule has 92 valence electrons. The van der Waals surface area contributed by atoms with Crippen LogP contribution in [0.25, 0.3) is 0 Å². The molecule has 1 atom stereocenters. The monoisotopic (exact) mass is 237 g/mol. The van der Waals surface area contributed by atoms with Crippen molar-refractivity contribution in [2.75, 3.05) is 18.9 Å². The van der Waals surface area contributed by atoms with Crippen LogP contribution in [0, 0.1) is 0 Å². The summed E-state index contributed by atoms with van der Waals surface area (Å²) in [5.41, 5.74) is 6.04. The van der Waals surface area contributed by atoms with Gasteiger partial charge < -0.3 is 20.3 Å². The second-order valence-corrected chi connectivity index (χ2v) is 4.01. The molecule has 17 heavy (non-hydrogen) atoms. The number of carbonyl (C=O) groups is 1. The molecule has 0 aromatic heterocycles. The summed E-state index contributed by atoms with van der Waals surface area (Å²) < 4.78 is 10.9. The molecule has 0 aliphatic carbocycles. The summed E-state index contributed by atoms with van der Waals surface area (Å²) in [4.78, 5) is 11.0. The molecule has 1 aliphatic rings. The Morgan fingerprint density at radius 2 is 2.41 bits per heavy atom. The molecule has 1 fully saturated rings. The van der Waals surface area contributed by atoms with E-state index in [0.29, 0.717) is 18.0 Å². The van der Waals surface area contributed by atoms with Gasteiger partial charge in [0.15, 0.2) is 0 Å². The fourth-order valence-electron chi connectivity index (χ4n) is 1.80. The van der Waals surface area contributed by atoms with E-state index in [2.05, 4.69) is 0 Å². The summed E-state index contributed by atoms with van der Waals surface area (Å²) in [5.74, 6) is -0.707. The zero-order valence-electron chi connectivity index (χ0n) is 9.39. The molecule has 1 aliphatic heterocycles. The molecule has 0 spiro atoms. The van der Waals surface area contributed by atoms with Gasteiger partial charge in [-0.1, -0.05) is 0 Å². The normalized spacial score (nSPS) is 19.2. The molecule has 0 saturated carbocycles. The number of hydrogen-bond donors (Lipinski definition) is 2. The second kappa shape index (κ2) is 5.05. The standard InChI is InChI=1S/C12H15NO4/c13-8-3-4-11(10(6-8)12(14)15)17-7-9-2-1-5-16-9/h3-4,6,9H,1-2,5,7,13H2,(H,14,15). The van der Waals surface area contributed by atoms with Gasteiger partial charge in [0, 0.05) is 12.3 Å². The molecule has 0 radical (unpaired) electrons. The number of carboxylic acids is 1. The van der Waals surface area contributed by atoms with Crippen LogP contribution in [0.4, 0.5) is 5.69 Å². The number of ether oxygens (including phenoxy) is 2. The number of rotatable bonds is 4. The Morgan fingerprint density at radius 3 is 3.06 bits per heavy atom. The van der Waals surface area contributed by atoms with Crippen molar-refractivity contribution in [3.8, 4) is 5.75 Å². The van der Waals surface area contributed by atoms with E-state index in [1.165, 1.54) is 6.07 Å². The third kappa shape index (κ3) is 2.88. The van der Waals surface area contributed by atoms with Gasteiger partial charge in [-0.2, -0.15) is 0 Å². The highest BCUT2D eigenvalue weighted by Gasteiger charge is 2.18. The minimum atomic E-state index is -1.04. The molecule has 3 N–H and O–H groups in total. The van der Waals surface area contributed by atoms with Crippen molar-refractivity contribution in [3.05, 3.63) is 23.8 Å². The Balaban J connectivity index is 2.06. The lowest BCUT2D eigenvalue weighted by Gasteiger charge is -2.13. The quantitative estimate of drug-likeness (QED) is 0.776. The van der Waals surface area contributed by atoms with Gasteiger partial charge in [-0.05, 0) is 31.0 Å². The van der Waals surface area contributed by atoms with Gasteiger partial charge in [0.2, 0.25) is 0 Å². The van der Waals surface area contributed by atoms with E-state index in [0.717, 1.165) is 19.4 Å². The minimum absolute atomic E-state index is 0.0641. The number of benzene rings is 1. The largest absolute Gasteiger partial charge is 0.490 e. The maximum absolute atomic E-state index is 11.0. The maximum atomic E-state index is 11.0. The van der Waals surface area contributed by atoms with Gasteiger partial charge >= 0.3 is 5.97 Å². The maximum Gasteiger partial charge on any atom is 0.339 e. The van der Waals surface area contributed by atoms with Gasteiger partial charge in [0.25, 0.3) is 0 Å². The van der Waals surface area contributed by atoms with Gasteiger partial charge in [-0.3, -0.25) is 0 Å². The van der Waals surface area contributed by atoms with Crippen LogP contribution in [0.5, 0.6) is 5.75 Å². The van der Waals surface area contributed by atoms with Gasteiger partial charge in [-0.25, -0.2) is 4.79 Å². The molecule has 1 heterocycles. The van der Waals surface area contributed by atoms with E-state index in [1.807, 2.05) is 0 Å². The molecule has 2 rings (SSSR count). The minimum Gasteiger partial charge on any atom is -0.490 e. The lowest BCUT2D eigenvalue weighted by molar-refractivity contribution is 0.0629. The summed E-state index contributed by atoms with van der Waals surface area (Å²) in [5, 5.41) is 9.02. The zero-order chi connectivity index (χ0) is 12.3. The van der Waals surface area contributed by atoms with E-state index in [4.69, 9.17) is 20.3 Å². The third-order valence-electron chi connectivity index (χ3n) is 2.68. The molecule has 0 amide bonds. The first-order valence-electron chi connectivity index (χ1n) is 5.54. The van der Waals surface area contributed by atoms with Crippen LogP contribution >= 0.6 is 0 Å². The fourth-order valence-corrected chi connectivity index (χ4v) is 1.80. The van der Waals surface area contributed by atoms with Crippen molar-refractivity contribution in [1.29, 1.82) is 0 Å². The second-order valence-electron chi connectivity index (χ2n) is 4.01. The Hall–Kier alpha value is -1.75. The predicted octanol–water partition coefficient (Wildman–Crippen LogP) is 1.52. The zero-order valence-corrected chi connectivity index (χ0v) is 9.39. The average molecular weight is 237 g/mol. The number of nitrogen functional groups attached to an aromatic ring is 1. The Bertz CT molecular complexity index is 413. The average Bonchev–Trinajstić information content (AvgIpc) is 2.80. The first kappa shape index (κ1) is 11.7.